The number of rotatable bonds is 2. The van der Waals surface area contributed by atoms with E-state index in [0.717, 1.165) is 0 Å². The third kappa shape index (κ3) is 1.44. The van der Waals surface area contributed by atoms with Crippen molar-refractivity contribution in [1.29, 1.82) is 0 Å². The maximum absolute atomic E-state index is 11.3. The second-order valence-corrected chi connectivity index (χ2v) is 2.73. The third-order valence-electron chi connectivity index (χ3n) is 1.80. The molecule has 2 rings (SSSR count). The number of carbonyl (C=O) groups is 1. The Morgan fingerprint density at radius 1 is 1.57 bits per heavy atom. The molecule has 0 aliphatic carbocycles. The monoisotopic (exact) mass is 191 g/mol. The van der Waals surface area contributed by atoms with Crippen LogP contribution in [0, 0.1) is 0 Å². The molecule has 0 aliphatic heterocycles. The number of fused-ring (bicyclic) bond motifs is 1. The van der Waals surface area contributed by atoms with Gasteiger partial charge in [-0.05, 0) is 19.1 Å². The van der Waals surface area contributed by atoms with Gasteiger partial charge in [0.25, 0.3) is 0 Å². The van der Waals surface area contributed by atoms with Gasteiger partial charge in [-0.15, -0.1) is 10.2 Å². The van der Waals surface area contributed by atoms with Gasteiger partial charge in [0.2, 0.25) is 0 Å². The first-order valence-corrected chi connectivity index (χ1v) is 4.28. The van der Waals surface area contributed by atoms with Crippen LogP contribution in [0.25, 0.3) is 5.65 Å². The Labute approximate surface area is 80.3 Å². The molecule has 0 radical (unpaired) electrons. The first-order chi connectivity index (χ1) is 6.81. The van der Waals surface area contributed by atoms with Gasteiger partial charge in [-0.25, -0.2) is 4.79 Å². The molecule has 2 aromatic heterocycles. The van der Waals surface area contributed by atoms with E-state index >= 15 is 0 Å². The smallest absolute Gasteiger partial charge is 0.339 e. The minimum absolute atomic E-state index is 0.330. The number of nitrogens with zero attached hydrogens (tertiary/aromatic N) is 3. The third-order valence-corrected chi connectivity index (χ3v) is 1.80. The van der Waals surface area contributed by atoms with E-state index in [1.807, 2.05) is 0 Å². The number of pyridine rings is 1. The molecule has 0 spiro atoms. The van der Waals surface area contributed by atoms with E-state index in [1.54, 1.807) is 29.7 Å². The van der Waals surface area contributed by atoms with E-state index in [9.17, 15) is 4.79 Å². The minimum Gasteiger partial charge on any atom is -0.462 e. The van der Waals surface area contributed by atoms with Crippen LogP contribution in [-0.2, 0) is 4.74 Å². The molecule has 0 saturated carbocycles. The molecule has 0 bridgehead atoms. The Balaban J connectivity index is 2.38. The summed E-state index contributed by atoms with van der Waals surface area (Å²) in [6.07, 6.45) is 3.19. The highest BCUT2D eigenvalue weighted by molar-refractivity contribution is 5.89. The van der Waals surface area contributed by atoms with Crippen LogP contribution in [0.4, 0.5) is 0 Å². The fourth-order valence-electron chi connectivity index (χ4n) is 1.16. The predicted molar refractivity (Wildman–Crippen MR) is 48.9 cm³/mol. The quantitative estimate of drug-likeness (QED) is 0.662. The lowest BCUT2D eigenvalue weighted by molar-refractivity contribution is 0.0526. The fraction of sp³-hybridized carbons (Fsp3) is 0.222. The Bertz CT molecular complexity index is 464. The van der Waals surface area contributed by atoms with Crippen molar-refractivity contribution in [3.8, 4) is 0 Å². The van der Waals surface area contributed by atoms with E-state index in [1.165, 1.54) is 6.33 Å². The molecule has 2 aromatic rings. The first-order valence-electron chi connectivity index (χ1n) is 4.28. The Morgan fingerprint density at radius 2 is 2.43 bits per heavy atom. The average Bonchev–Trinajstić information content (AvgIpc) is 2.64. The molecule has 0 saturated heterocycles. The lowest BCUT2D eigenvalue weighted by Gasteiger charge is -2.01. The molecule has 0 aromatic carbocycles. The van der Waals surface area contributed by atoms with Crippen molar-refractivity contribution < 1.29 is 9.53 Å². The highest BCUT2D eigenvalue weighted by atomic mass is 16.5. The second-order valence-electron chi connectivity index (χ2n) is 2.73. The molecule has 0 N–H and O–H groups in total. The zero-order valence-corrected chi connectivity index (χ0v) is 7.67. The summed E-state index contributed by atoms with van der Waals surface area (Å²) < 4.78 is 6.53. The molecule has 0 aliphatic rings. The summed E-state index contributed by atoms with van der Waals surface area (Å²) in [5, 5.41) is 7.53. The van der Waals surface area contributed by atoms with Gasteiger partial charge < -0.3 is 4.74 Å². The van der Waals surface area contributed by atoms with E-state index in [-0.39, 0.29) is 5.97 Å². The van der Waals surface area contributed by atoms with Gasteiger partial charge in [-0.3, -0.25) is 4.40 Å². The molecule has 5 nitrogen and oxygen atoms in total. The lowest BCUT2D eigenvalue weighted by atomic mass is 10.3. The summed E-state index contributed by atoms with van der Waals surface area (Å²) in [6, 6.07) is 3.39. The number of esters is 1. The highest BCUT2D eigenvalue weighted by Gasteiger charge is 2.06. The van der Waals surface area contributed by atoms with Gasteiger partial charge in [-0.1, -0.05) is 0 Å². The zero-order chi connectivity index (χ0) is 9.97. The standard InChI is InChI=1S/C9H9N3O2/c1-2-14-9(13)7-3-4-8-11-10-6-12(8)5-7/h3-6H,2H2,1H3. The molecular formula is C9H9N3O2. The predicted octanol–water partition coefficient (Wildman–Crippen LogP) is 0.906. The Hall–Kier alpha value is -1.91. The van der Waals surface area contributed by atoms with Crippen molar-refractivity contribution in [3.05, 3.63) is 30.2 Å². The number of hydrogen-bond acceptors (Lipinski definition) is 4. The summed E-state index contributed by atoms with van der Waals surface area (Å²) >= 11 is 0. The van der Waals surface area contributed by atoms with E-state index in [0.29, 0.717) is 17.8 Å². The van der Waals surface area contributed by atoms with Crippen LogP contribution in [0.1, 0.15) is 17.3 Å². The van der Waals surface area contributed by atoms with Crippen LogP contribution in [0.2, 0.25) is 0 Å². The largest absolute Gasteiger partial charge is 0.462 e. The molecule has 0 atom stereocenters. The fourth-order valence-corrected chi connectivity index (χ4v) is 1.16. The number of carbonyl (C=O) groups excluding carboxylic acids is 1. The molecule has 2 heterocycles. The van der Waals surface area contributed by atoms with E-state index in [4.69, 9.17) is 4.74 Å². The van der Waals surface area contributed by atoms with Gasteiger partial charge >= 0.3 is 5.97 Å². The molecule has 14 heavy (non-hydrogen) atoms. The Kier molecular flexibility index (Phi) is 2.14. The van der Waals surface area contributed by atoms with Gasteiger partial charge in [0.1, 0.15) is 6.33 Å². The summed E-state index contributed by atoms with van der Waals surface area (Å²) in [7, 11) is 0. The van der Waals surface area contributed by atoms with Crippen LogP contribution < -0.4 is 0 Å². The maximum Gasteiger partial charge on any atom is 0.339 e. The van der Waals surface area contributed by atoms with Gasteiger partial charge in [0.05, 0.1) is 12.2 Å². The summed E-state index contributed by atoms with van der Waals surface area (Å²) in [6.45, 7) is 2.15. The SMILES string of the molecule is CCOC(=O)c1ccc2nncn2c1. The lowest BCUT2D eigenvalue weighted by Crippen LogP contribution is -2.05. The van der Waals surface area contributed by atoms with Crippen LogP contribution in [0.3, 0.4) is 0 Å². The summed E-state index contributed by atoms with van der Waals surface area (Å²) in [4.78, 5) is 11.3. The minimum atomic E-state index is -0.330. The van der Waals surface area contributed by atoms with Crippen molar-refractivity contribution in [3.63, 3.8) is 0 Å². The number of ether oxygens (including phenoxy) is 1. The van der Waals surface area contributed by atoms with Crippen LogP contribution in [0.5, 0.6) is 0 Å². The Morgan fingerprint density at radius 3 is 3.21 bits per heavy atom. The van der Waals surface area contributed by atoms with Crippen molar-refractivity contribution in [2.45, 2.75) is 6.92 Å². The molecule has 5 heteroatoms. The topological polar surface area (TPSA) is 56.5 Å². The van der Waals surface area contributed by atoms with Crippen LogP contribution in [-0.4, -0.2) is 27.2 Å². The van der Waals surface area contributed by atoms with Crippen molar-refractivity contribution in [2.24, 2.45) is 0 Å². The number of aromatic nitrogens is 3. The zero-order valence-electron chi connectivity index (χ0n) is 7.67. The molecule has 0 unspecified atom stereocenters. The van der Waals surface area contributed by atoms with E-state index in [2.05, 4.69) is 10.2 Å². The number of hydrogen-bond donors (Lipinski definition) is 0. The van der Waals surface area contributed by atoms with Gasteiger partial charge in [0.15, 0.2) is 5.65 Å². The molecule has 72 valence electrons. The summed E-state index contributed by atoms with van der Waals surface area (Å²) in [5.74, 6) is -0.330. The van der Waals surface area contributed by atoms with Crippen LogP contribution in [0.15, 0.2) is 24.7 Å². The summed E-state index contributed by atoms with van der Waals surface area (Å²) in [5.41, 5.74) is 1.21. The molecule has 0 amide bonds. The highest BCUT2D eigenvalue weighted by Crippen LogP contribution is 2.04. The normalized spacial score (nSPS) is 10.4. The molecular weight excluding hydrogens is 182 g/mol. The van der Waals surface area contributed by atoms with Crippen LogP contribution >= 0.6 is 0 Å². The van der Waals surface area contributed by atoms with Crippen molar-refractivity contribution in [1.82, 2.24) is 14.6 Å². The maximum atomic E-state index is 11.3. The first kappa shape index (κ1) is 8.68. The van der Waals surface area contributed by atoms with Crippen molar-refractivity contribution in [2.75, 3.05) is 6.61 Å². The average molecular weight is 191 g/mol. The molecule has 0 fully saturated rings. The van der Waals surface area contributed by atoms with E-state index < -0.39 is 0 Å². The second kappa shape index (κ2) is 3.45. The van der Waals surface area contributed by atoms with Gasteiger partial charge in [0, 0.05) is 6.20 Å². The van der Waals surface area contributed by atoms with Gasteiger partial charge in [-0.2, -0.15) is 0 Å². The van der Waals surface area contributed by atoms with Crippen molar-refractivity contribution >= 4 is 11.6 Å².